The number of benzene rings is 8. The Balaban J connectivity index is 0.896. The van der Waals surface area contributed by atoms with Gasteiger partial charge in [0.05, 0.1) is 45.7 Å². The minimum atomic E-state index is -1.83. The molecule has 0 saturated carbocycles. The summed E-state index contributed by atoms with van der Waals surface area (Å²) in [5, 5.41) is 9.00. The molecule has 528 valence electrons. The fourth-order valence-electron chi connectivity index (χ4n) is 12.0. The third kappa shape index (κ3) is 17.5. The quantitative estimate of drug-likeness (QED) is 0.00743. The Morgan fingerprint density at radius 3 is 1.93 bits per heavy atom. The lowest BCUT2D eigenvalue weighted by atomic mass is 9.77. The van der Waals surface area contributed by atoms with Gasteiger partial charge in [-0.3, -0.25) is 14.5 Å². The average molecular weight is 1430 g/mol. The van der Waals surface area contributed by atoms with Gasteiger partial charge in [-0.05, 0) is 81.4 Å². The molecule has 2 N–H and O–H groups in total. The first-order valence-electron chi connectivity index (χ1n) is 33.2. The summed E-state index contributed by atoms with van der Waals surface area (Å²) >= 11 is 1.41. The van der Waals surface area contributed by atoms with Gasteiger partial charge in [0.15, 0.2) is 54.9 Å². The lowest BCUT2D eigenvalue weighted by molar-refractivity contribution is -0.661. The van der Waals surface area contributed by atoms with Crippen LogP contribution in [0.3, 0.4) is 0 Å². The van der Waals surface area contributed by atoms with Gasteiger partial charge >= 0.3 is 11.9 Å². The molecular formula is C80H76FN6O14S2+. The number of nitrogens with one attached hydrogen (secondary N) is 2. The fraction of sp³-hybridized carbons (Fsp3) is 0.225. The zero-order valence-electron chi connectivity index (χ0n) is 56.8. The Morgan fingerprint density at radius 1 is 0.718 bits per heavy atom. The van der Waals surface area contributed by atoms with Gasteiger partial charge in [0.1, 0.15) is 35.0 Å². The highest BCUT2D eigenvalue weighted by Crippen LogP contribution is 2.43. The van der Waals surface area contributed by atoms with Crippen molar-refractivity contribution in [2.45, 2.75) is 48.7 Å². The zero-order chi connectivity index (χ0) is 71.3. The highest BCUT2D eigenvalue weighted by molar-refractivity contribution is 8.05. The fourth-order valence-corrected chi connectivity index (χ4v) is 14.6. The Morgan fingerprint density at radius 2 is 1.31 bits per heavy atom. The predicted molar refractivity (Wildman–Crippen MR) is 388 cm³/mol. The minimum Gasteiger partial charge on any atom is -0.497 e. The van der Waals surface area contributed by atoms with Crippen molar-refractivity contribution in [3.63, 3.8) is 0 Å². The van der Waals surface area contributed by atoms with E-state index in [1.165, 1.54) is 36.9 Å². The molecule has 3 aliphatic rings. The molecule has 103 heavy (non-hydrogen) atoms. The molecule has 1 fully saturated rings. The number of rotatable bonds is 33. The predicted octanol–water partition coefficient (Wildman–Crippen LogP) is 12.2. The van der Waals surface area contributed by atoms with E-state index in [1.54, 1.807) is 36.8 Å². The van der Waals surface area contributed by atoms with Crippen LogP contribution in [0.4, 0.5) is 4.39 Å². The molecule has 12 rings (SSSR count). The summed E-state index contributed by atoms with van der Waals surface area (Å²) in [6.45, 7) is 0.393. The van der Waals surface area contributed by atoms with Crippen molar-refractivity contribution in [1.82, 2.24) is 15.5 Å². The van der Waals surface area contributed by atoms with Gasteiger partial charge in [-0.25, -0.2) is 23.8 Å². The number of hydrogen-bond acceptors (Lipinski definition) is 18. The molecular weight excluding hydrogens is 1350 g/mol. The molecule has 3 aliphatic heterocycles. The molecule has 4 heterocycles. The highest BCUT2D eigenvalue weighted by atomic mass is 32.2. The Labute approximate surface area is 602 Å². The van der Waals surface area contributed by atoms with E-state index < -0.39 is 76.2 Å². The van der Waals surface area contributed by atoms with Gasteiger partial charge in [0.25, 0.3) is 5.91 Å². The summed E-state index contributed by atoms with van der Waals surface area (Å²) in [6.07, 6.45) is 2.58. The molecule has 0 radical (unpaired) electrons. The average Bonchev–Trinajstić information content (AvgIpc) is 1.03. The lowest BCUT2D eigenvalue weighted by Gasteiger charge is -2.49. The number of allylic oxidation sites excluding steroid dienone is 2. The van der Waals surface area contributed by atoms with Gasteiger partial charge < -0.3 is 53.3 Å². The second-order valence-corrected chi connectivity index (χ2v) is 26.2. The van der Waals surface area contributed by atoms with Crippen LogP contribution in [0.2, 0.25) is 0 Å². The standard InChI is InChI=1S/C80H75FN6O14S2/c1-92-43-45-95-53-98-68-48-60(47-66(81)74(68)99-54-96-46-44-93-2)73(78(91)100-72(57-24-9-4-10-25-57)58-26-11-5-12-27-58)101-85-103-52-64(82-79(103)84-80(61-30-13-6-14-31-61,62-32-15-7-16-33-62)63-34-17-8-18-35-63)49-69(88)83-70-75(89)87-71(77(90)97-50-55-37-39-65(94-3)40-38-55)59(51-102-76(70)87)29-22-42-86-41-21-28-56-23-19-20-36-67(56)86/h4-41,47-48,52,70,72-73,76H,42-46,49-51,53-54H2,1-3H3,(H-,82,83,84,88)/p+1/t70-,73?,76?,103?/m0/s1. The summed E-state index contributed by atoms with van der Waals surface area (Å²) < 4.78 is 75.0. The number of amidine groups is 1. The number of para-hydroxylation sites is 1. The molecule has 4 atom stereocenters. The van der Waals surface area contributed by atoms with Crippen molar-refractivity contribution >= 4 is 62.3 Å². The number of halogens is 1. The first-order valence-corrected chi connectivity index (χ1v) is 35.5. The summed E-state index contributed by atoms with van der Waals surface area (Å²) in [7, 11) is 2.96. The number of aliphatic imine (C=N–C) groups is 1. The van der Waals surface area contributed by atoms with Crippen molar-refractivity contribution < 1.29 is 75.6 Å². The molecule has 1 aromatic heterocycles. The van der Waals surface area contributed by atoms with E-state index in [1.807, 2.05) is 206 Å². The van der Waals surface area contributed by atoms with Gasteiger partial charge in [-0.2, -0.15) is 4.57 Å². The molecule has 1 saturated heterocycles. The maximum atomic E-state index is 17.0. The van der Waals surface area contributed by atoms with E-state index in [4.69, 9.17) is 57.0 Å². The summed E-state index contributed by atoms with van der Waals surface area (Å²) in [4.78, 5) is 72.5. The van der Waals surface area contributed by atoms with Crippen molar-refractivity contribution in [3.8, 4) is 17.2 Å². The number of amides is 2. The normalized spacial score (nSPS) is 16.0. The van der Waals surface area contributed by atoms with Crippen molar-refractivity contribution in [1.29, 1.82) is 0 Å². The number of pyridine rings is 1. The molecule has 8 aromatic carbocycles. The number of β-lactam (4-membered cyclic amide) rings is 1. The Kier molecular flexibility index (Phi) is 24.7. The van der Waals surface area contributed by atoms with E-state index in [0.29, 0.717) is 40.3 Å². The first kappa shape index (κ1) is 72.2. The Bertz CT molecular complexity index is 4440. The zero-order valence-corrected chi connectivity index (χ0v) is 58.4. The van der Waals surface area contributed by atoms with Gasteiger partial charge in [-0.15, -0.1) is 11.8 Å². The molecule has 0 spiro atoms. The number of esters is 2. The number of thioether (sulfide) groups is 1. The topological polar surface area (TPSA) is 216 Å². The van der Waals surface area contributed by atoms with Gasteiger partial charge in [0, 0.05) is 59.2 Å². The second kappa shape index (κ2) is 35.3. The van der Waals surface area contributed by atoms with E-state index in [9.17, 15) is 14.4 Å². The first-order chi connectivity index (χ1) is 50.5. The van der Waals surface area contributed by atoms with E-state index in [-0.39, 0.29) is 79.9 Å². The Hall–Kier alpha value is -10.6. The van der Waals surface area contributed by atoms with Crippen LogP contribution in [-0.4, -0.2) is 112 Å². The second-order valence-electron chi connectivity index (χ2n) is 23.7. The number of ether oxygens (including phenoxy) is 9. The maximum Gasteiger partial charge on any atom is 0.355 e. The molecule has 3 unspecified atom stereocenters. The number of carbonyl (C=O) groups excluding carboxylic acids is 4. The van der Waals surface area contributed by atoms with E-state index >= 15 is 9.18 Å². The van der Waals surface area contributed by atoms with Crippen LogP contribution < -0.4 is 29.4 Å². The van der Waals surface area contributed by atoms with Crippen molar-refractivity contribution in [3.05, 3.63) is 310 Å². The number of methoxy groups -OCH3 is 3. The smallest absolute Gasteiger partial charge is 0.355 e. The monoisotopic (exact) mass is 1430 g/mol. The number of aromatic nitrogens is 1. The largest absolute Gasteiger partial charge is 0.497 e. The van der Waals surface area contributed by atoms with Crippen LogP contribution in [0.15, 0.2) is 275 Å². The molecule has 20 nitrogen and oxygen atoms in total. The third-order valence-electron chi connectivity index (χ3n) is 17.1. The van der Waals surface area contributed by atoms with Crippen molar-refractivity contribution in [2.24, 2.45) is 9.52 Å². The van der Waals surface area contributed by atoms with Crippen LogP contribution in [0.1, 0.15) is 57.6 Å². The third-order valence-corrected chi connectivity index (χ3v) is 19.7. The number of hydrogen-bond donors (Lipinski definition) is 2. The van der Waals surface area contributed by atoms with E-state index in [0.717, 1.165) is 33.7 Å². The summed E-state index contributed by atoms with van der Waals surface area (Å²) in [5.41, 5.74) is 4.98. The molecule has 23 heteroatoms. The number of fused-ring (bicyclic) bond motifs is 2. The van der Waals surface area contributed by atoms with E-state index in [2.05, 4.69) is 15.2 Å². The van der Waals surface area contributed by atoms with Crippen molar-refractivity contribution in [2.75, 3.05) is 67.1 Å². The minimum absolute atomic E-state index is 0.0765. The maximum absolute atomic E-state index is 17.0. The molecule has 0 bridgehead atoms. The SMILES string of the molecule is COCCOCOc1cc(C(ON=S2C=C(CC(=O)N[C@H]3C(=O)N4C(C(=O)OCc5ccc(OC)cc5)=C(C=CC[n+]5cccc6ccccc65)CSC34)N=C2NC(c2ccccc2)(c2ccccc2)c2ccccc2)C(=O)OC(c2ccccc2)c2ccccc2)cc(F)c1OCOCCOC. The molecule has 0 aliphatic carbocycles. The number of nitrogens with zero attached hydrogens (tertiary/aromatic N) is 4. The highest BCUT2D eigenvalue weighted by Gasteiger charge is 2.54. The van der Waals surface area contributed by atoms with Crippen LogP contribution in [0.25, 0.3) is 10.9 Å². The van der Waals surface area contributed by atoms with Gasteiger partial charge in [-0.1, -0.05) is 187 Å². The lowest BCUT2D eigenvalue weighted by Crippen LogP contribution is -2.70. The molecule has 2 amide bonds. The van der Waals surface area contributed by atoms with Gasteiger partial charge in [0.2, 0.25) is 17.5 Å². The van der Waals surface area contributed by atoms with Crippen LogP contribution in [0, 0.1) is 5.82 Å². The summed E-state index contributed by atoms with van der Waals surface area (Å²) in [5.74, 6) is -3.29. The number of carbonyl (C=O) groups is 4. The van der Waals surface area contributed by atoms with Crippen LogP contribution >= 0.6 is 11.8 Å². The summed E-state index contributed by atoms with van der Waals surface area (Å²) in [6, 6.07) is 68.1. The van der Waals surface area contributed by atoms with Crippen LogP contribution in [-0.2, 0) is 81.8 Å². The van der Waals surface area contributed by atoms with Crippen LogP contribution in [0.5, 0.6) is 17.2 Å². The molecule has 9 aromatic rings.